The fourth-order valence-corrected chi connectivity index (χ4v) is 2.31. The monoisotopic (exact) mass is 253 g/mol. The highest BCUT2D eigenvalue weighted by Gasteiger charge is 2.05. The Morgan fingerprint density at radius 1 is 1.38 bits per heavy atom. The van der Waals surface area contributed by atoms with Crippen molar-refractivity contribution in [1.82, 2.24) is 4.98 Å². The zero-order valence-corrected chi connectivity index (χ0v) is 10.7. The van der Waals surface area contributed by atoms with Gasteiger partial charge in [0.2, 0.25) is 0 Å². The van der Waals surface area contributed by atoms with Crippen LogP contribution in [-0.4, -0.2) is 11.1 Å². The number of rotatable bonds is 3. The summed E-state index contributed by atoms with van der Waals surface area (Å²) in [5.74, 6) is 0.860. The van der Waals surface area contributed by atoms with Crippen molar-refractivity contribution in [3.05, 3.63) is 34.8 Å². The van der Waals surface area contributed by atoms with Crippen molar-refractivity contribution < 1.29 is 4.74 Å². The fraction of sp³-hybridized carbons (Fsp3) is 0.250. The summed E-state index contributed by atoms with van der Waals surface area (Å²) in [6, 6.07) is 7.89. The van der Waals surface area contributed by atoms with E-state index in [-0.39, 0.29) is 6.10 Å². The molecule has 0 amide bonds. The molecule has 0 bridgehead atoms. The van der Waals surface area contributed by atoms with Gasteiger partial charge in [-0.1, -0.05) is 23.7 Å². The van der Waals surface area contributed by atoms with Crippen LogP contribution in [0.25, 0.3) is 10.6 Å². The summed E-state index contributed by atoms with van der Waals surface area (Å²) in [7, 11) is 0. The van der Waals surface area contributed by atoms with Gasteiger partial charge in [-0.3, -0.25) is 0 Å². The number of nitrogens with zero attached hydrogens (tertiary/aromatic N) is 1. The molecule has 1 heterocycles. The summed E-state index contributed by atoms with van der Waals surface area (Å²) in [6.07, 6.45) is 0.176. The molecule has 0 spiro atoms. The molecule has 84 valence electrons. The molecule has 0 aliphatic heterocycles. The lowest BCUT2D eigenvalue weighted by atomic mass is 10.2. The molecule has 0 saturated heterocycles. The molecule has 4 heteroatoms. The minimum absolute atomic E-state index is 0.176. The van der Waals surface area contributed by atoms with Gasteiger partial charge < -0.3 is 4.74 Å². The molecule has 2 rings (SSSR count). The van der Waals surface area contributed by atoms with Crippen LogP contribution in [0.3, 0.4) is 0 Å². The summed E-state index contributed by atoms with van der Waals surface area (Å²) < 4.78 is 5.63. The molecule has 0 radical (unpaired) electrons. The van der Waals surface area contributed by atoms with Gasteiger partial charge >= 0.3 is 0 Å². The molecule has 0 unspecified atom stereocenters. The van der Waals surface area contributed by atoms with Crippen molar-refractivity contribution in [3.63, 3.8) is 0 Å². The third kappa shape index (κ3) is 2.74. The van der Waals surface area contributed by atoms with Crippen molar-refractivity contribution in [3.8, 4) is 16.3 Å². The van der Waals surface area contributed by atoms with Crippen LogP contribution in [0, 0.1) is 0 Å². The molecule has 16 heavy (non-hydrogen) atoms. The molecule has 1 aromatic heterocycles. The average molecular weight is 254 g/mol. The van der Waals surface area contributed by atoms with Gasteiger partial charge in [-0.05, 0) is 26.0 Å². The Labute approximate surface area is 104 Å². The normalized spacial score (nSPS) is 10.8. The first-order valence-corrected chi connectivity index (χ1v) is 6.29. The van der Waals surface area contributed by atoms with E-state index in [0.717, 1.165) is 16.3 Å². The first-order chi connectivity index (χ1) is 7.65. The Hall–Kier alpha value is -1.06. The molecule has 0 saturated carbocycles. The van der Waals surface area contributed by atoms with Gasteiger partial charge in [0, 0.05) is 10.9 Å². The Balaban J connectivity index is 2.28. The number of halogens is 1. The SMILES string of the molecule is CC(C)Oc1cccc(-c2nc(Cl)cs2)c1. The molecule has 0 N–H and O–H groups in total. The Morgan fingerprint density at radius 3 is 2.81 bits per heavy atom. The lowest BCUT2D eigenvalue weighted by Gasteiger charge is -2.09. The van der Waals surface area contributed by atoms with Crippen LogP contribution < -0.4 is 4.74 Å². The highest BCUT2D eigenvalue weighted by atomic mass is 35.5. The van der Waals surface area contributed by atoms with Crippen LogP contribution in [0.4, 0.5) is 0 Å². The summed E-state index contributed by atoms with van der Waals surface area (Å²) in [6.45, 7) is 4.01. The first kappa shape index (κ1) is 11.4. The van der Waals surface area contributed by atoms with E-state index in [1.807, 2.05) is 43.5 Å². The third-order valence-electron chi connectivity index (χ3n) is 1.93. The molecule has 2 nitrogen and oxygen atoms in total. The lowest BCUT2D eigenvalue weighted by Crippen LogP contribution is -2.05. The largest absolute Gasteiger partial charge is 0.491 e. The second kappa shape index (κ2) is 4.85. The topological polar surface area (TPSA) is 22.1 Å². The van der Waals surface area contributed by atoms with Crippen molar-refractivity contribution in [2.75, 3.05) is 0 Å². The summed E-state index contributed by atoms with van der Waals surface area (Å²) in [5, 5.41) is 3.28. The number of hydrogen-bond acceptors (Lipinski definition) is 3. The third-order valence-corrected chi connectivity index (χ3v) is 3.14. The quantitative estimate of drug-likeness (QED) is 0.816. The van der Waals surface area contributed by atoms with E-state index >= 15 is 0 Å². The molecular formula is C12H12ClNOS. The second-order valence-electron chi connectivity index (χ2n) is 3.67. The minimum Gasteiger partial charge on any atom is -0.491 e. The van der Waals surface area contributed by atoms with E-state index in [1.54, 1.807) is 0 Å². The average Bonchev–Trinajstić information content (AvgIpc) is 2.64. The molecule has 2 aromatic rings. The Morgan fingerprint density at radius 2 is 2.19 bits per heavy atom. The number of benzene rings is 1. The zero-order chi connectivity index (χ0) is 11.5. The Bertz CT molecular complexity index is 481. The molecular weight excluding hydrogens is 242 g/mol. The van der Waals surface area contributed by atoms with E-state index in [1.165, 1.54) is 11.3 Å². The predicted molar refractivity (Wildman–Crippen MR) is 68.3 cm³/mol. The van der Waals surface area contributed by atoms with Crippen molar-refractivity contribution in [2.45, 2.75) is 20.0 Å². The highest BCUT2D eigenvalue weighted by molar-refractivity contribution is 7.13. The molecule has 0 atom stereocenters. The van der Waals surface area contributed by atoms with E-state index in [2.05, 4.69) is 4.98 Å². The van der Waals surface area contributed by atoms with E-state index in [9.17, 15) is 0 Å². The highest BCUT2D eigenvalue weighted by Crippen LogP contribution is 2.28. The number of aromatic nitrogens is 1. The number of thiazole rings is 1. The molecule has 0 fully saturated rings. The van der Waals surface area contributed by atoms with E-state index in [0.29, 0.717) is 5.15 Å². The van der Waals surface area contributed by atoms with Crippen LogP contribution in [0.5, 0.6) is 5.75 Å². The van der Waals surface area contributed by atoms with Gasteiger partial charge in [0.25, 0.3) is 0 Å². The smallest absolute Gasteiger partial charge is 0.140 e. The van der Waals surface area contributed by atoms with Gasteiger partial charge in [0.1, 0.15) is 15.9 Å². The van der Waals surface area contributed by atoms with Gasteiger partial charge in [-0.2, -0.15) is 0 Å². The molecule has 0 aliphatic rings. The molecule has 0 aliphatic carbocycles. The van der Waals surface area contributed by atoms with Gasteiger partial charge in [0.05, 0.1) is 6.10 Å². The molecule has 1 aromatic carbocycles. The number of ether oxygens (including phenoxy) is 1. The van der Waals surface area contributed by atoms with Crippen LogP contribution in [-0.2, 0) is 0 Å². The van der Waals surface area contributed by atoms with Crippen LogP contribution in [0.1, 0.15) is 13.8 Å². The van der Waals surface area contributed by atoms with Gasteiger partial charge in [0.15, 0.2) is 0 Å². The minimum atomic E-state index is 0.176. The first-order valence-electron chi connectivity index (χ1n) is 5.03. The van der Waals surface area contributed by atoms with Crippen molar-refractivity contribution in [1.29, 1.82) is 0 Å². The van der Waals surface area contributed by atoms with Crippen molar-refractivity contribution >= 4 is 22.9 Å². The maximum atomic E-state index is 5.80. The van der Waals surface area contributed by atoms with Crippen LogP contribution >= 0.6 is 22.9 Å². The summed E-state index contributed by atoms with van der Waals surface area (Å²) >= 11 is 7.33. The predicted octanol–water partition coefficient (Wildman–Crippen LogP) is 4.25. The maximum absolute atomic E-state index is 5.80. The number of hydrogen-bond donors (Lipinski definition) is 0. The van der Waals surface area contributed by atoms with Crippen LogP contribution in [0.2, 0.25) is 5.15 Å². The van der Waals surface area contributed by atoms with E-state index < -0.39 is 0 Å². The summed E-state index contributed by atoms with van der Waals surface area (Å²) in [4.78, 5) is 4.23. The summed E-state index contributed by atoms with van der Waals surface area (Å²) in [5.41, 5.74) is 1.04. The van der Waals surface area contributed by atoms with Crippen LogP contribution in [0.15, 0.2) is 29.6 Å². The second-order valence-corrected chi connectivity index (χ2v) is 4.92. The van der Waals surface area contributed by atoms with Gasteiger partial charge in [-0.15, -0.1) is 11.3 Å². The fourth-order valence-electron chi connectivity index (χ4n) is 1.36. The lowest BCUT2D eigenvalue weighted by molar-refractivity contribution is 0.242. The standard InChI is InChI=1S/C12H12ClNOS/c1-8(2)15-10-5-3-4-9(6-10)12-14-11(13)7-16-12/h3-8H,1-2H3. The van der Waals surface area contributed by atoms with E-state index in [4.69, 9.17) is 16.3 Å². The zero-order valence-electron chi connectivity index (χ0n) is 9.11. The Kier molecular flexibility index (Phi) is 3.46. The van der Waals surface area contributed by atoms with Gasteiger partial charge in [-0.25, -0.2) is 4.98 Å². The maximum Gasteiger partial charge on any atom is 0.140 e. The van der Waals surface area contributed by atoms with Crippen molar-refractivity contribution in [2.24, 2.45) is 0 Å².